The lowest BCUT2D eigenvalue weighted by atomic mass is 10.1. The molecule has 1 aliphatic heterocycles. The summed E-state index contributed by atoms with van der Waals surface area (Å²) in [6.07, 6.45) is -2.43. The number of nitrogens with zero attached hydrogens (tertiary/aromatic N) is 1. The second-order valence-corrected chi connectivity index (χ2v) is 3.75. The summed E-state index contributed by atoms with van der Waals surface area (Å²) in [4.78, 5) is 34.8. The smallest absolute Gasteiger partial charge is 0.362 e. The first-order valence-electron chi connectivity index (χ1n) is 5.45. The molecule has 0 radical (unpaired) electrons. The molecule has 1 unspecified atom stereocenters. The van der Waals surface area contributed by atoms with Gasteiger partial charge in [0.05, 0.1) is 17.9 Å². The van der Waals surface area contributed by atoms with Crippen molar-refractivity contribution in [2.75, 3.05) is 11.5 Å². The first-order chi connectivity index (χ1) is 8.97. The van der Waals surface area contributed by atoms with E-state index in [4.69, 9.17) is 0 Å². The lowest BCUT2D eigenvalue weighted by Crippen LogP contribution is -2.42. The third-order valence-corrected chi connectivity index (χ3v) is 2.58. The molecule has 0 spiro atoms. The van der Waals surface area contributed by atoms with Crippen LogP contribution in [0.2, 0.25) is 0 Å². The van der Waals surface area contributed by atoms with Crippen LogP contribution in [-0.4, -0.2) is 30.6 Å². The van der Waals surface area contributed by atoms with Crippen molar-refractivity contribution in [3.8, 4) is 0 Å². The quantitative estimate of drug-likeness (QED) is 0.470. The minimum atomic E-state index is -2.43. The van der Waals surface area contributed by atoms with E-state index in [1.165, 1.54) is 6.92 Å². The highest BCUT2D eigenvalue weighted by Crippen LogP contribution is 2.31. The van der Waals surface area contributed by atoms with Crippen LogP contribution in [0, 0.1) is 5.82 Å². The van der Waals surface area contributed by atoms with Gasteiger partial charge in [0, 0.05) is 0 Å². The Morgan fingerprint density at radius 2 is 2.11 bits per heavy atom. The molecule has 1 heterocycles. The van der Waals surface area contributed by atoms with Gasteiger partial charge in [-0.25, -0.2) is 13.6 Å². The van der Waals surface area contributed by atoms with E-state index in [0.29, 0.717) is 4.90 Å². The molecule has 1 aromatic rings. The van der Waals surface area contributed by atoms with Crippen molar-refractivity contribution in [1.82, 2.24) is 0 Å². The number of ether oxygens (including phenoxy) is 1. The van der Waals surface area contributed by atoms with Crippen molar-refractivity contribution >= 4 is 23.3 Å². The lowest BCUT2D eigenvalue weighted by molar-refractivity contribution is -0.150. The first kappa shape index (κ1) is 13.1. The minimum absolute atomic E-state index is 0.0640. The Balaban J connectivity index is 2.41. The van der Waals surface area contributed by atoms with Crippen LogP contribution in [0.5, 0.6) is 0 Å². The fourth-order valence-corrected chi connectivity index (χ4v) is 1.78. The Morgan fingerprint density at radius 1 is 1.42 bits per heavy atom. The molecule has 1 amide bonds. The molecule has 1 atom stereocenters. The van der Waals surface area contributed by atoms with E-state index in [-0.39, 0.29) is 17.9 Å². The SMILES string of the molecule is CCOC(=O)C(F)N1C(=O)C(=O)c2cc(F)ccc21. The summed E-state index contributed by atoms with van der Waals surface area (Å²) in [6.45, 7) is 1.41. The van der Waals surface area contributed by atoms with E-state index in [0.717, 1.165) is 18.2 Å². The van der Waals surface area contributed by atoms with E-state index in [1.54, 1.807) is 0 Å². The number of rotatable bonds is 3. The Kier molecular flexibility index (Phi) is 3.28. The van der Waals surface area contributed by atoms with Gasteiger partial charge in [0.1, 0.15) is 5.82 Å². The molecular formula is C12H9F2NO4. The van der Waals surface area contributed by atoms with E-state index in [9.17, 15) is 23.2 Å². The van der Waals surface area contributed by atoms with E-state index >= 15 is 0 Å². The van der Waals surface area contributed by atoms with Crippen LogP contribution in [0.15, 0.2) is 18.2 Å². The standard InChI is InChI=1S/C12H9F2NO4/c1-2-19-12(18)10(14)15-8-4-3-6(13)5-7(8)9(16)11(15)17/h3-5,10H,2H2,1H3. The normalized spacial score (nSPS) is 15.4. The van der Waals surface area contributed by atoms with Gasteiger partial charge in [-0.2, -0.15) is 0 Å². The lowest BCUT2D eigenvalue weighted by Gasteiger charge is -2.19. The molecule has 1 aliphatic rings. The zero-order chi connectivity index (χ0) is 14.2. The first-order valence-corrected chi connectivity index (χ1v) is 5.45. The highest BCUT2D eigenvalue weighted by Gasteiger charge is 2.43. The number of esters is 1. The zero-order valence-corrected chi connectivity index (χ0v) is 9.85. The molecule has 100 valence electrons. The van der Waals surface area contributed by atoms with Crippen molar-refractivity contribution in [2.24, 2.45) is 0 Å². The van der Waals surface area contributed by atoms with E-state index in [1.807, 2.05) is 0 Å². The Bertz CT molecular complexity index is 573. The average Bonchev–Trinajstić information content (AvgIpc) is 2.62. The maximum absolute atomic E-state index is 13.9. The summed E-state index contributed by atoms with van der Waals surface area (Å²) in [5, 5.41) is 0. The average molecular weight is 269 g/mol. The molecule has 0 aliphatic carbocycles. The molecule has 0 aromatic heterocycles. The number of benzene rings is 1. The third-order valence-electron chi connectivity index (χ3n) is 2.58. The number of anilines is 1. The Hall–Kier alpha value is -2.31. The van der Waals surface area contributed by atoms with Crippen molar-refractivity contribution in [2.45, 2.75) is 13.2 Å². The van der Waals surface area contributed by atoms with Crippen molar-refractivity contribution in [1.29, 1.82) is 0 Å². The van der Waals surface area contributed by atoms with Gasteiger partial charge in [-0.3, -0.25) is 14.5 Å². The van der Waals surface area contributed by atoms with Gasteiger partial charge in [0.2, 0.25) is 0 Å². The Labute approximate surface area is 106 Å². The van der Waals surface area contributed by atoms with Crippen molar-refractivity contribution < 1.29 is 27.9 Å². The summed E-state index contributed by atoms with van der Waals surface area (Å²) < 4.78 is 31.3. The predicted octanol–water partition coefficient (Wildman–Crippen LogP) is 1.21. The Morgan fingerprint density at radius 3 is 2.74 bits per heavy atom. The topological polar surface area (TPSA) is 63.7 Å². The summed E-state index contributed by atoms with van der Waals surface area (Å²) in [7, 11) is 0. The van der Waals surface area contributed by atoms with Crippen LogP contribution >= 0.6 is 0 Å². The molecule has 0 N–H and O–H groups in total. The summed E-state index contributed by atoms with van der Waals surface area (Å²) in [5.41, 5.74) is -0.408. The van der Waals surface area contributed by atoms with E-state index < -0.39 is 29.8 Å². The number of hydrogen-bond acceptors (Lipinski definition) is 4. The van der Waals surface area contributed by atoms with Gasteiger partial charge >= 0.3 is 11.9 Å². The summed E-state index contributed by atoms with van der Waals surface area (Å²) in [6, 6.07) is 2.86. The molecule has 7 heteroatoms. The molecule has 5 nitrogen and oxygen atoms in total. The maximum Gasteiger partial charge on any atom is 0.362 e. The van der Waals surface area contributed by atoms with Crippen LogP contribution in [0.25, 0.3) is 0 Å². The number of ketones is 1. The van der Waals surface area contributed by atoms with Gasteiger partial charge < -0.3 is 4.74 Å². The number of carbonyl (C=O) groups is 3. The van der Waals surface area contributed by atoms with Crippen LogP contribution in [0.4, 0.5) is 14.5 Å². The predicted molar refractivity (Wildman–Crippen MR) is 59.7 cm³/mol. The van der Waals surface area contributed by atoms with Gasteiger partial charge in [-0.1, -0.05) is 0 Å². The molecule has 0 saturated heterocycles. The maximum atomic E-state index is 13.9. The fraction of sp³-hybridized carbons (Fsp3) is 0.250. The van der Waals surface area contributed by atoms with Gasteiger partial charge in [-0.15, -0.1) is 0 Å². The number of carbonyl (C=O) groups excluding carboxylic acids is 3. The second-order valence-electron chi connectivity index (χ2n) is 3.75. The fourth-order valence-electron chi connectivity index (χ4n) is 1.78. The number of alkyl halides is 1. The van der Waals surface area contributed by atoms with Crippen LogP contribution in [0.3, 0.4) is 0 Å². The largest absolute Gasteiger partial charge is 0.462 e. The summed E-state index contributed by atoms with van der Waals surface area (Å²) >= 11 is 0. The summed E-state index contributed by atoms with van der Waals surface area (Å²) in [5.74, 6) is -4.28. The minimum Gasteiger partial charge on any atom is -0.462 e. The molecule has 2 rings (SSSR count). The van der Waals surface area contributed by atoms with E-state index in [2.05, 4.69) is 4.74 Å². The van der Waals surface area contributed by atoms with Gasteiger partial charge in [-0.05, 0) is 25.1 Å². The molecule has 19 heavy (non-hydrogen) atoms. The zero-order valence-electron chi connectivity index (χ0n) is 9.85. The molecule has 0 bridgehead atoms. The number of amides is 1. The monoisotopic (exact) mass is 269 g/mol. The van der Waals surface area contributed by atoms with Crippen molar-refractivity contribution in [3.05, 3.63) is 29.6 Å². The number of fused-ring (bicyclic) bond motifs is 1. The van der Waals surface area contributed by atoms with Crippen LogP contribution < -0.4 is 4.90 Å². The second kappa shape index (κ2) is 4.75. The number of halogens is 2. The van der Waals surface area contributed by atoms with Crippen molar-refractivity contribution in [3.63, 3.8) is 0 Å². The molecule has 0 saturated carbocycles. The van der Waals surface area contributed by atoms with Gasteiger partial charge in [0.25, 0.3) is 12.1 Å². The molecule has 1 aromatic carbocycles. The molecular weight excluding hydrogens is 260 g/mol. The van der Waals surface area contributed by atoms with Crippen LogP contribution in [-0.2, 0) is 14.3 Å². The number of Topliss-reactive ketones (excluding diaryl/α,β-unsaturated/α-hetero) is 1. The highest BCUT2D eigenvalue weighted by atomic mass is 19.1. The van der Waals surface area contributed by atoms with Gasteiger partial charge in [0.15, 0.2) is 0 Å². The highest BCUT2D eigenvalue weighted by molar-refractivity contribution is 6.52. The van der Waals surface area contributed by atoms with Crippen LogP contribution in [0.1, 0.15) is 17.3 Å². The number of hydrogen-bond donors (Lipinski definition) is 0. The third kappa shape index (κ3) is 2.07. The molecule has 0 fully saturated rings.